The van der Waals surface area contributed by atoms with Crippen LogP contribution in [0.4, 0.5) is 0 Å². The minimum atomic E-state index is -0.944. The molecule has 1 heterocycles. The lowest BCUT2D eigenvalue weighted by Gasteiger charge is -2.36. The molecule has 0 aliphatic carbocycles. The van der Waals surface area contributed by atoms with E-state index in [4.69, 9.17) is 15.1 Å². The normalized spacial score (nSPS) is 16.5. The molecule has 1 aliphatic rings. The second-order valence-corrected chi connectivity index (χ2v) is 5.45. The Bertz CT molecular complexity index is 600. The second kappa shape index (κ2) is 7.05. The Morgan fingerprint density at radius 3 is 2.73 bits per heavy atom. The number of hydrogen-bond acceptors (Lipinski definition) is 4. The summed E-state index contributed by atoms with van der Waals surface area (Å²) in [5.41, 5.74) is 0.422. The van der Waals surface area contributed by atoms with Crippen LogP contribution < -0.4 is 5.32 Å². The minimum absolute atomic E-state index is 0.125. The monoisotopic (exact) mass is 302 g/mol. The molecular weight excluding hydrogens is 284 g/mol. The minimum Gasteiger partial charge on any atom is -0.481 e. The quantitative estimate of drug-likeness (QED) is 0.858. The predicted octanol–water partition coefficient (Wildman–Crippen LogP) is 1.51. The zero-order valence-electron chi connectivity index (χ0n) is 12.2. The summed E-state index contributed by atoms with van der Waals surface area (Å²) in [6, 6.07) is 8.85. The molecule has 22 heavy (non-hydrogen) atoms. The van der Waals surface area contributed by atoms with E-state index in [1.807, 2.05) is 6.07 Å². The van der Waals surface area contributed by atoms with E-state index in [2.05, 4.69) is 5.32 Å². The van der Waals surface area contributed by atoms with Crippen LogP contribution in [0.5, 0.6) is 0 Å². The molecule has 1 amide bonds. The topological polar surface area (TPSA) is 99.4 Å². The Morgan fingerprint density at radius 1 is 1.36 bits per heavy atom. The van der Waals surface area contributed by atoms with E-state index < -0.39 is 11.5 Å². The Hall–Kier alpha value is -2.39. The fourth-order valence-electron chi connectivity index (χ4n) is 2.62. The number of carbonyl (C=O) groups excluding carboxylic acids is 1. The number of carboxylic acid groups (broad SMARTS) is 1. The first kappa shape index (κ1) is 16.0. The highest BCUT2D eigenvalue weighted by Gasteiger charge is 2.36. The first-order valence-electron chi connectivity index (χ1n) is 7.13. The van der Waals surface area contributed by atoms with Gasteiger partial charge in [0.1, 0.15) is 0 Å². The molecule has 0 radical (unpaired) electrons. The average Bonchev–Trinajstić information content (AvgIpc) is 2.48. The molecule has 6 nitrogen and oxygen atoms in total. The van der Waals surface area contributed by atoms with Crippen molar-refractivity contribution in [2.24, 2.45) is 0 Å². The van der Waals surface area contributed by atoms with Gasteiger partial charge in [-0.2, -0.15) is 5.26 Å². The highest BCUT2D eigenvalue weighted by atomic mass is 16.5. The van der Waals surface area contributed by atoms with Crippen LogP contribution in [0.25, 0.3) is 0 Å². The molecule has 0 spiro atoms. The average molecular weight is 302 g/mol. The van der Waals surface area contributed by atoms with E-state index in [9.17, 15) is 9.59 Å². The van der Waals surface area contributed by atoms with E-state index in [1.165, 1.54) is 0 Å². The van der Waals surface area contributed by atoms with Crippen LogP contribution in [0.1, 0.15) is 35.2 Å². The van der Waals surface area contributed by atoms with Crippen molar-refractivity contribution in [1.82, 2.24) is 5.32 Å². The third-order valence-corrected chi connectivity index (χ3v) is 3.79. The number of aliphatic carboxylic acids is 1. The summed E-state index contributed by atoms with van der Waals surface area (Å²) in [5, 5.41) is 20.7. The molecule has 1 fully saturated rings. The third-order valence-electron chi connectivity index (χ3n) is 3.79. The lowest BCUT2D eigenvalue weighted by molar-refractivity contribution is -0.139. The Labute approximate surface area is 128 Å². The highest BCUT2D eigenvalue weighted by Crippen LogP contribution is 2.25. The van der Waals surface area contributed by atoms with Crippen molar-refractivity contribution < 1.29 is 19.4 Å². The molecule has 0 atom stereocenters. The van der Waals surface area contributed by atoms with E-state index >= 15 is 0 Å². The van der Waals surface area contributed by atoms with Crippen molar-refractivity contribution in [2.75, 3.05) is 13.2 Å². The fraction of sp³-hybridized carbons (Fsp3) is 0.438. The van der Waals surface area contributed by atoms with Crippen LogP contribution in [-0.4, -0.2) is 35.7 Å². The molecule has 0 unspecified atom stereocenters. The highest BCUT2D eigenvalue weighted by molar-refractivity contribution is 5.95. The Kier molecular flexibility index (Phi) is 5.12. The van der Waals surface area contributed by atoms with Crippen LogP contribution >= 0.6 is 0 Å². The molecular formula is C16H18N2O4. The zero-order valence-corrected chi connectivity index (χ0v) is 12.2. The van der Waals surface area contributed by atoms with Gasteiger partial charge in [-0.05, 0) is 30.5 Å². The van der Waals surface area contributed by atoms with Crippen LogP contribution in [-0.2, 0) is 16.0 Å². The zero-order chi connectivity index (χ0) is 16.0. The third kappa shape index (κ3) is 4.06. The number of nitriles is 1. The number of hydrogen-bond donors (Lipinski definition) is 2. The Balaban J connectivity index is 2.15. The lowest BCUT2D eigenvalue weighted by atomic mass is 9.86. The van der Waals surface area contributed by atoms with E-state index in [0.29, 0.717) is 31.6 Å². The number of nitrogens with one attached hydrogen (secondary N) is 1. The van der Waals surface area contributed by atoms with Crippen LogP contribution in [0.2, 0.25) is 0 Å². The molecule has 2 N–H and O–H groups in total. The number of ether oxygens (including phenoxy) is 1. The van der Waals surface area contributed by atoms with Gasteiger partial charge in [0.15, 0.2) is 0 Å². The van der Waals surface area contributed by atoms with Gasteiger partial charge < -0.3 is 15.2 Å². The number of amides is 1. The number of carbonyl (C=O) groups is 2. The van der Waals surface area contributed by atoms with Gasteiger partial charge in [0.2, 0.25) is 0 Å². The lowest BCUT2D eigenvalue weighted by Crippen LogP contribution is -2.53. The molecule has 1 saturated heterocycles. The largest absolute Gasteiger partial charge is 0.481 e. The standard InChI is InChI=1S/C16H18N2O4/c17-7-4-12-2-1-3-13(10-12)15(21)18-16(11-14(19)20)5-8-22-9-6-16/h1-3,10H,4-6,8-9,11H2,(H,18,21)(H,19,20). The molecule has 0 bridgehead atoms. The first-order valence-corrected chi connectivity index (χ1v) is 7.13. The first-order chi connectivity index (χ1) is 10.5. The summed E-state index contributed by atoms with van der Waals surface area (Å²) in [6.07, 6.45) is 1.06. The van der Waals surface area contributed by atoms with E-state index in [0.717, 1.165) is 5.56 Å². The summed E-state index contributed by atoms with van der Waals surface area (Å²) in [4.78, 5) is 23.5. The number of benzene rings is 1. The molecule has 0 aromatic heterocycles. The van der Waals surface area contributed by atoms with Gasteiger partial charge in [0.05, 0.1) is 24.4 Å². The van der Waals surface area contributed by atoms with Gasteiger partial charge in [-0.3, -0.25) is 9.59 Å². The maximum absolute atomic E-state index is 12.4. The van der Waals surface area contributed by atoms with Crippen LogP contribution in [0.15, 0.2) is 24.3 Å². The summed E-state index contributed by atoms with van der Waals surface area (Å²) < 4.78 is 5.26. The molecule has 1 aromatic rings. The molecule has 1 aromatic carbocycles. The number of carboxylic acids is 1. The number of rotatable bonds is 5. The van der Waals surface area contributed by atoms with Crippen molar-refractivity contribution >= 4 is 11.9 Å². The maximum atomic E-state index is 12.4. The summed E-state index contributed by atoms with van der Waals surface area (Å²) in [7, 11) is 0. The van der Waals surface area contributed by atoms with Gasteiger partial charge >= 0.3 is 5.97 Å². The summed E-state index contributed by atoms with van der Waals surface area (Å²) in [5.74, 6) is -1.26. The van der Waals surface area contributed by atoms with Gasteiger partial charge in [0.25, 0.3) is 5.91 Å². The van der Waals surface area contributed by atoms with Crippen molar-refractivity contribution in [2.45, 2.75) is 31.2 Å². The van der Waals surface area contributed by atoms with Crippen molar-refractivity contribution in [3.8, 4) is 6.07 Å². The van der Waals surface area contributed by atoms with E-state index in [-0.39, 0.29) is 18.7 Å². The predicted molar refractivity (Wildman–Crippen MR) is 78.3 cm³/mol. The van der Waals surface area contributed by atoms with Crippen molar-refractivity contribution in [1.29, 1.82) is 5.26 Å². The van der Waals surface area contributed by atoms with Gasteiger partial charge in [-0.25, -0.2) is 0 Å². The second-order valence-electron chi connectivity index (χ2n) is 5.45. The van der Waals surface area contributed by atoms with E-state index in [1.54, 1.807) is 24.3 Å². The maximum Gasteiger partial charge on any atom is 0.305 e. The van der Waals surface area contributed by atoms with Crippen LogP contribution in [0.3, 0.4) is 0 Å². The summed E-state index contributed by atoms with van der Waals surface area (Å²) in [6.45, 7) is 0.865. The molecule has 6 heteroatoms. The molecule has 2 rings (SSSR count). The van der Waals surface area contributed by atoms with Gasteiger partial charge in [0, 0.05) is 18.8 Å². The van der Waals surface area contributed by atoms with Crippen molar-refractivity contribution in [3.05, 3.63) is 35.4 Å². The fourth-order valence-corrected chi connectivity index (χ4v) is 2.62. The van der Waals surface area contributed by atoms with Gasteiger partial charge in [-0.1, -0.05) is 12.1 Å². The number of nitrogens with zero attached hydrogens (tertiary/aromatic N) is 1. The van der Waals surface area contributed by atoms with Crippen LogP contribution in [0, 0.1) is 11.3 Å². The molecule has 1 aliphatic heterocycles. The smallest absolute Gasteiger partial charge is 0.305 e. The van der Waals surface area contributed by atoms with Gasteiger partial charge in [-0.15, -0.1) is 0 Å². The SMILES string of the molecule is N#CCc1cccc(C(=O)NC2(CC(=O)O)CCOCC2)c1. The molecule has 116 valence electrons. The molecule has 0 saturated carbocycles. The Morgan fingerprint density at radius 2 is 2.09 bits per heavy atom. The van der Waals surface area contributed by atoms with Crippen molar-refractivity contribution in [3.63, 3.8) is 0 Å². The summed E-state index contributed by atoms with van der Waals surface area (Å²) >= 11 is 0.